The Labute approximate surface area is 179 Å². The molecule has 1 heterocycles. The maximum absolute atomic E-state index is 13.6. The minimum absolute atomic E-state index is 0.0693. The van der Waals surface area contributed by atoms with Gasteiger partial charge in [-0.3, -0.25) is 8.98 Å². The molecule has 1 aromatic carbocycles. The van der Waals surface area contributed by atoms with Gasteiger partial charge in [0.05, 0.1) is 18.3 Å². The van der Waals surface area contributed by atoms with E-state index in [-0.39, 0.29) is 35.6 Å². The van der Waals surface area contributed by atoms with Gasteiger partial charge in [-0.1, -0.05) is 26.0 Å². The van der Waals surface area contributed by atoms with E-state index in [1.54, 1.807) is 18.2 Å². The van der Waals surface area contributed by atoms with Crippen molar-refractivity contribution < 1.29 is 17.6 Å². The van der Waals surface area contributed by atoms with E-state index in [0.29, 0.717) is 31.1 Å². The lowest BCUT2D eigenvalue weighted by Gasteiger charge is -2.35. The number of nitrogens with two attached hydrogens (primary N) is 1. The molecule has 1 saturated heterocycles. The molecular formula is C21H29FN4O3S. The Kier molecular flexibility index (Phi) is 7.74. The minimum atomic E-state index is -1.40. The Hall–Kier alpha value is -2.10. The molecule has 1 amide bonds. The summed E-state index contributed by atoms with van der Waals surface area (Å²) in [5.41, 5.74) is 6.14. The Morgan fingerprint density at radius 2 is 2.03 bits per heavy atom. The Morgan fingerprint density at radius 3 is 2.70 bits per heavy atom. The Balaban J connectivity index is 1.51. The molecule has 164 valence electrons. The van der Waals surface area contributed by atoms with Gasteiger partial charge >= 0.3 is 0 Å². The summed E-state index contributed by atoms with van der Waals surface area (Å²) in [7, 11) is 0. The quantitative estimate of drug-likeness (QED) is 0.528. The van der Waals surface area contributed by atoms with Crippen molar-refractivity contribution in [3.05, 3.63) is 42.4 Å². The van der Waals surface area contributed by atoms with Crippen molar-refractivity contribution in [3.8, 4) is 0 Å². The van der Waals surface area contributed by atoms with Crippen LogP contribution in [0, 0.1) is 17.7 Å². The molecule has 2 atom stereocenters. The first-order chi connectivity index (χ1) is 14.4. The number of halogens is 1. The van der Waals surface area contributed by atoms with Crippen LogP contribution in [0.3, 0.4) is 0 Å². The summed E-state index contributed by atoms with van der Waals surface area (Å²) < 4.78 is 33.1. The largest absolute Gasteiger partial charge is 0.384 e. The lowest BCUT2D eigenvalue weighted by molar-refractivity contribution is -0.122. The van der Waals surface area contributed by atoms with Crippen molar-refractivity contribution >= 4 is 28.7 Å². The van der Waals surface area contributed by atoms with Crippen LogP contribution in [0.5, 0.6) is 0 Å². The van der Waals surface area contributed by atoms with Crippen LogP contribution in [0.4, 0.5) is 10.1 Å². The molecule has 0 aromatic heterocycles. The van der Waals surface area contributed by atoms with Crippen molar-refractivity contribution in [3.63, 3.8) is 0 Å². The van der Waals surface area contributed by atoms with Gasteiger partial charge in [0.15, 0.2) is 0 Å². The minimum Gasteiger partial charge on any atom is -0.384 e. The third-order valence-corrected chi connectivity index (χ3v) is 6.87. The lowest BCUT2D eigenvalue weighted by atomic mass is 9.85. The maximum atomic E-state index is 13.6. The van der Waals surface area contributed by atoms with Crippen LogP contribution < -0.4 is 11.1 Å². The van der Waals surface area contributed by atoms with Crippen LogP contribution in [-0.2, 0) is 20.2 Å². The first kappa shape index (κ1) is 22.6. The molecule has 1 saturated carbocycles. The van der Waals surface area contributed by atoms with Crippen molar-refractivity contribution in [2.45, 2.75) is 51.6 Å². The highest BCUT2D eigenvalue weighted by atomic mass is 32.2. The monoisotopic (exact) mass is 436 g/mol. The van der Waals surface area contributed by atoms with E-state index in [1.165, 1.54) is 18.3 Å². The third kappa shape index (κ3) is 5.53. The summed E-state index contributed by atoms with van der Waals surface area (Å²) in [5.74, 6) is -0.401. The fourth-order valence-electron chi connectivity index (χ4n) is 3.88. The number of carbonyl (C=O) groups excluding carboxylic acids is 1. The maximum Gasteiger partial charge on any atom is 0.250 e. The van der Waals surface area contributed by atoms with Crippen molar-refractivity contribution in [1.29, 1.82) is 0 Å². The second-order valence-electron chi connectivity index (χ2n) is 8.01. The molecule has 0 radical (unpaired) electrons. The zero-order valence-electron chi connectivity index (χ0n) is 17.3. The van der Waals surface area contributed by atoms with Crippen molar-refractivity contribution in [1.82, 2.24) is 4.31 Å². The number of carbonyl (C=O) groups is 1. The van der Waals surface area contributed by atoms with Gasteiger partial charge in [0.2, 0.25) is 11.3 Å². The van der Waals surface area contributed by atoms with Crippen molar-refractivity contribution in [2.24, 2.45) is 22.6 Å². The van der Waals surface area contributed by atoms with Crippen LogP contribution in [0.1, 0.15) is 39.5 Å². The van der Waals surface area contributed by atoms with Gasteiger partial charge in [-0.25, -0.2) is 8.60 Å². The fourth-order valence-corrected chi connectivity index (χ4v) is 5.24. The van der Waals surface area contributed by atoms with Crippen molar-refractivity contribution in [2.75, 3.05) is 11.9 Å². The molecule has 30 heavy (non-hydrogen) atoms. The van der Waals surface area contributed by atoms with Crippen LogP contribution in [0.2, 0.25) is 0 Å². The van der Waals surface area contributed by atoms with E-state index >= 15 is 0 Å². The summed E-state index contributed by atoms with van der Waals surface area (Å²) >= 11 is -1.40. The summed E-state index contributed by atoms with van der Waals surface area (Å²) in [6.07, 6.45) is 5.79. The molecule has 3 rings (SSSR count). The number of hydrogen-bond donors (Lipinski definition) is 2. The molecule has 7 nitrogen and oxygen atoms in total. The predicted octanol–water partition coefficient (Wildman–Crippen LogP) is 3.13. The molecule has 1 aliphatic carbocycles. The van der Waals surface area contributed by atoms with E-state index in [4.69, 9.17) is 9.92 Å². The first-order valence-corrected chi connectivity index (χ1v) is 11.3. The molecule has 1 aromatic rings. The lowest BCUT2D eigenvalue weighted by Crippen LogP contribution is -2.45. The van der Waals surface area contributed by atoms with Crippen LogP contribution in [0.15, 0.2) is 41.5 Å². The molecular weight excluding hydrogens is 407 g/mol. The van der Waals surface area contributed by atoms with E-state index in [9.17, 15) is 13.4 Å². The Morgan fingerprint density at radius 1 is 1.33 bits per heavy atom. The zero-order chi connectivity index (χ0) is 21.7. The predicted molar refractivity (Wildman–Crippen MR) is 116 cm³/mol. The number of nitrogens with one attached hydrogen (secondary N) is 1. The number of para-hydroxylation sites is 1. The van der Waals surface area contributed by atoms with E-state index in [0.717, 1.165) is 12.8 Å². The van der Waals surface area contributed by atoms with E-state index < -0.39 is 11.3 Å². The number of anilines is 1. The topological polar surface area (TPSA) is 97.0 Å². The standard InChI is InChI=1S/C21H29FN4O3S/c1-14(2)19-13-29-30(28)26(19)16-9-7-15(8-10-16)21(27)25-20(23)11-12-24-18-6-4-3-5-17(18)22/h3-6,11-12,14-16,19,24H,7-10,13H2,1-2H3,(H2,23,25,27)/b12-11-. The molecule has 3 N–H and O–H groups in total. The second-order valence-corrected chi connectivity index (χ2v) is 9.10. The number of benzene rings is 1. The number of amides is 1. The first-order valence-electron chi connectivity index (χ1n) is 10.3. The molecule has 2 unspecified atom stereocenters. The smallest absolute Gasteiger partial charge is 0.250 e. The average molecular weight is 437 g/mol. The highest BCUT2D eigenvalue weighted by Crippen LogP contribution is 2.34. The molecule has 2 fully saturated rings. The number of rotatable bonds is 6. The summed E-state index contributed by atoms with van der Waals surface area (Å²) in [6.45, 7) is 4.69. The summed E-state index contributed by atoms with van der Waals surface area (Å²) in [6, 6.07) is 6.55. The second kappa shape index (κ2) is 10.3. The van der Waals surface area contributed by atoms with Gasteiger partial charge in [0, 0.05) is 18.2 Å². The van der Waals surface area contributed by atoms with Crippen LogP contribution in [-0.4, -0.2) is 38.9 Å². The van der Waals surface area contributed by atoms with Gasteiger partial charge in [-0.15, -0.1) is 0 Å². The van der Waals surface area contributed by atoms with Gasteiger partial charge in [0.25, 0.3) is 5.91 Å². The van der Waals surface area contributed by atoms with Gasteiger partial charge in [0.1, 0.15) is 11.7 Å². The highest BCUT2D eigenvalue weighted by Gasteiger charge is 2.41. The Bertz CT molecular complexity index is 837. The summed E-state index contributed by atoms with van der Waals surface area (Å²) in [5, 5.41) is 2.78. The number of amidine groups is 1. The summed E-state index contributed by atoms with van der Waals surface area (Å²) in [4.78, 5) is 16.5. The average Bonchev–Trinajstić information content (AvgIpc) is 3.11. The molecule has 0 spiro atoms. The molecule has 1 aliphatic heterocycles. The SMILES string of the molecule is CC(C)C1COS(=O)N1C1CCC(C(=O)N=C(N)/C=C\Nc2ccccc2F)CC1. The van der Waals surface area contributed by atoms with E-state index in [2.05, 4.69) is 24.2 Å². The number of hydrogen-bond acceptors (Lipinski definition) is 4. The third-order valence-electron chi connectivity index (χ3n) is 5.62. The number of nitrogens with zero attached hydrogens (tertiary/aromatic N) is 2. The highest BCUT2D eigenvalue weighted by molar-refractivity contribution is 7.78. The van der Waals surface area contributed by atoms with Gasteiger partial charge < -0.3 is 11.1 Å². The molecule has 0 bridgehead atoms. The zero-order valence-corrected chi connectivity index (χ0v) is 18.1. The fraction of sp³-hybridized carbons (Fsp3) is 0.524. The number of aliphatic imine (C=N–C) groups is 1. The van der Waals surface area contributed by atoms with Crippen LogP contribution in [0.25, 0.3) is 0 Å². The van der Waals surface area contributed by atoms with Gasteiger partial charge in [-0.05, 0) is 49.8 Å². The van der Waals surface area contributed by atoms with Crippen LogP contribution >= 0.6 is 0 Å². The molecule has 2 aliphatic rings. The normalized spacial score (nSPS) is 28.3. The van der Waals surface area contributed by atoms with E-state index in [1.807, 2.05) is 4.31 Å². The molecule has 9 heteroatoms. The van der Waals surface area contributed by atoms with Gasteiger partial charge in [-0.2, -0.15) is 9.30 Å².